The number of rotatable bonds is 5. The molecule has 2 saturated heterocycles. The molecule has 1 aromatic heterocycles. The van der Waals surface area contributed by atoms with E-state index < -0.39 is 0 Å². The van der Waals surface area contributed by atoms with E-state index in [1.54, 1.807) is 0 Å². The van der Waals surface area contributed by atoms with E-state index in [0.717, 1.165) is 17.9 Å². The summed E-state index contributed by atoms with van der Waals surface area (Å²) in [6.07, 6.45) is 9.29. The second-order valence-electron chi connectivity index (χ2n) is 7.92. The maximum atomic E-state index is 4.29. The first kappa shape index (κ1) is 16.9. The number of likely N-dealkylation sites (tertiary alicyclic amines) is 2. The lowest BCUT2D eigenvalue weighted by molar-refractivity contribution is 0.140. The van der Waals surface area contributed by atoms with Gasteiger partial charge in [0.2, 0.25) is 0 Å². The van der Waals surface area contributed by atoms with E-state index in [0.29, 0.717) is 6.04 Å². The van der Waals surface area contributed by atoms with Crippen molar-refractivity contribution in [2.45, 2.75) is 64.5 Å². The van der Waals surface area contributed by atoms with Gasteiger partial charge < -0.3 is 9.80 Å². The maximum Gasteiger partial charge on any atom is 0.0302 e. The van der Waals surface area contributed by atoms with Gasteiger partial charge in [0.25, 0.3) is 0 Å². The molecule has 23 heavy (non-hydrogen) atoms. The smallest absolute Gasteiger partial charge is 0.0302 e. The summed E-state index contributed by atoms with van der Waals surface area (Å²) < 4.78 is 0. The van der Waals surface area contributed by atoms with Crippen LogP contribution >= 0.6 is 0 Å². The highest BCUT2D eigenvalue weighted by Crippen LogP contribution is 2.30. The summed E-state index contributed by atoms with van der Waals surface area (Å²) in [5.41, 5.74) is 1.43. The summed E-state index contributed by atoms with van der Waals surface area (Å²) in [6, 6.07) is 5.77. The highest BCUT2D eigenvalue weighted by Gasteiger charge is 2.29. The fourth-order valence-corrected chi connectivity index (χ4v) is 4.45. The van der Waals surface area contributed by atoms with Gasteiger partial charge in [0.15, 0.2) is 0 Å². The third-order valence-corrected chi connectivity index (χ3v) is 6.03. The van der Waals surface area contributed by atoms with Crippen molar-refractivity contribution in [3.8, 4) is 0 Å². The van der Waals surface area contributed by atoms with Crippen LogP contribution in [0.2, 0.25) is 0 Å². The summed E-state index contributed by atoms with van der Waals surface area (Å²) in [6.45, 7) is 12.2. The Morgan fingerprint density at radius 3 is 2.43 bits per heavy atom. The minimum absolute atomic E-state index is 0.713. The second kappa shape index (κ2) is 7.76. The van der Waals surface area contributed by atoms with Crippen molar-refractivity contribution in [2.24, 2.45) is 5.92 Å². The van der Waals surface area contributed by atoms with E-state index in [-0.39, 0.29) is 0 Å². The van der Waals surface area contributed by atoms with E-state index in [2.05, 4.69) is 53.9 Å². The van der Waals surface area contributed by atoms with Crippen LogP contribution in [0.25, 0.3) is 0 Å². The summed E-state index contributed by atoms with van der Waals surface area (Å²) in [5.74, 6) is 1.62. The van der Waals surface area contributed by atoms with Crippen molar-refractivity contribution in [2.75, 3.05) is 26.2 Å². The lowest BCUT2D eigenvalue weighted by Crippen LogP contribution is -2.40. The average Bonchev–Trinajstić information content (AvgIpc) is 3.04. The van der Waals surface area contributed by atoms with Crippen LogP contribution in [0, 0.1) is 5.92 Å². The number of nitrogens with zero attached hydrogens (tertiary/aromatic N) is 3. The van der Waals surface area contributed by atoms with Crippen LogP contribution in [-0.2, 0) is 0 Å². The van der Waals surface area contributed by atoms with Gasteiger partial charge in [-0.15, -0.1) is 0 Å². The van der Waals surface area contributed by atoms with Crippen molar-refractivity contribution in [1.29, 1.82) is 0 Å². The van der Waals surface area contributed by atoms with Crippen molar-refractivity contribution >= 4 is 0 Å². The van der Waals surface area contributed by atoms with Crippen LogP contribution in [0.3, 0.4) is 0 Å². The molecule has 0 amide bonds. The number of piperidine rings is 1. The predicted octanol–water partition coefficient (Wildman–Crippen LogP) is 3.77. The Hall–Kier alpha value is -0.930. The Kier molecular flexibility index (Phi) is 5.71. The number of pyridine rings is 1. The summed E-state index contributed by atoms with van der Waals surface area (Å²) in [7, 11) is 0. The average molecular weight is 316 g/mol. The van der Waals surface area contributed by atoms with Crippen LogP contribution in [0.1, 0.15) is 57.9 Å². The lowest BCUT2D eigenvalue weighted by atomic mass is 9.89. The molecule has 0 spiro atoms. The molecule has 3 heteroatoms. The van der Waals surface area contributed by atoms with Crippen molar-refractivity contribution in [3.63, 3.8) is 0 Å². The van der Waals surface area contributed by atoms with Gasteiger partial charge in [-0.25, -0.2) is 0 Å². The third-order valence-electron chi connectivity index (χ3n) is 6.03. The topological polar surface area (TPSA) is 19.4 Å². The molecule has 0 saturated carbocycles. The monoisotopic (exact) mass is 315 g/mol. The van der Waals surface area contributed by atoms with E-state index in [1.165, 1.54) is 57.4 Å². The molecule has 0 bridgehead atoms. The van der Waals surface area contributed by atoms with E-state index in [1.807, 2.05) is 6.20 Å². The van der Waals surface area contributed by atoms with Crippen molar-refractivity contribution in [1.82, 2.24) is 14.8 Å². The molecule has 2 unspecified atom stereocenters. The van der Waals surface area contributed by atoms with Crippen LogP contribution < -0.4 is 0 Å². The summed E-state index contributed by atoms with van der Waals surface area (Å²) in [4.78, 5) is 9.66. The van der Waals surface area contributed by atoms with Gasteiger partial charge in [-0.2, -0.15) is 0 Å². The van der Waals surface area contributed by atoms with Crippen molar-refractivity contribution in [3.05, 3.63) is 30.1 Å². The highest BCUT2D eigenvalue weighted by molar-refractivity contribution is 5.15. The fourth-order valence-electron chi connectivity index (χ4n) is 4.45. The van der Waals surface area contributed by atoms with Gasteiger partial charge in [0.1, 0.15) is 0 Å². The minimum atomic E-state index is 0.713. The summed E-state index contributed by atoms with van der Waals surface area (Å²) >= 11 is 0. The van der Waals surface area contributed by atoms with E-state index >= 15 is 0 Å². The molecular formula is C20H33N3. The van der Waals surface area contributed by atoms with Crippen molar-refractivity contribution < 1.29 is 0 Å². The SMILES string of the molecule is CC(C)N1CCC(CC(C)N2CCC(c3cccnc3)CC2)C1. The Morgan fingerprint density at radius 2 is 1.83 bits per heavy atom. The predicted molar refractivity (Wildman–Crippen MR) is 96.7 cm³/mol. The maximum absolute atomic E-state index is 4.29. The summed E-state index contributed by atoms with van der Waals surface area (Å²) in [5, 5.41) is 0. The first-order chi connectivity index (χ1) is 11.1. The van der Waals surface area contributed by atoms with E-state index in [9.17, 15) is 0 Å². The zero-order valence-electron chi connectivity index (χ0n) is 15.1. The Balaban J connectivity index is 1.44. The highest BCUT2D eigenvalue weighted by atomic mass is 15.2. The quantitative estimate of drug-likeness (QED) is 0.824. The third kappa shape index (κ3) is 4.33. The Bertz CT molecular complexity index is 465. The molecule has 2 aliphatic rings. The number of hydrogen-bond acceptors (Lipinski definition) is 3. The van der Waals surface area contributed by atoms with Gasteiger partial charge in [-0.05, 0) is 89.6 Å². The Labute approximate surface area is 142 Å². The van der Waals surface area contributed by atoms with Gasteiger partial charge in [-0.1, -0.05) is 6.07 Å². The number of hydrogen-bond donors (Lipinski definition) is 0. The van der Waals surface area contributed by atoms with Crippen LogP contribution in [-0.4, -0.2) is 53.0 Å². The molecule has 1 aromatic rings. The molecule has 2 fully saturated rings. The van der Waals surface area contributed by atoms with E-state index in [4.69, 9.17) is 0 Å². The fraction of sp³-hybridized carbons (Fsp3) is 0.750. The molecule has 2 aliphatic heterocycles. The molecule has 2 atom stereocenters. The largest absolute Gasteiger partial charge is 0.301 e. The first-order valence-corrected chi connectivity index (χ1v) is 9.51. The molecule has 128 valence electrons. The van der Waals surface area contributed by atoms with Crippen LogP contribution in [0.15, 0.2) is 24.5 Å². The van der Waals surface area contributed by atoms with Crippen LogP contribution in [0.5, 0.6) is 0 Å². The molecule has 3 heterocycles. The Morgan fingerprint density at radius 1 is 1.09 bits per heavy atom. The first-order valence-electron chi connectivity index (χ1n) is 9.51. The molecule has 0 N–H and O–H groups in total. The molecule has 0 aromatic carbocycles. The van der Waals surface area contributed by atoms with Gasteiger partial charge >= 0.3 is 0 Å². The minimum Gasteiger partial charge on any atom is -0.301 e. The van der Waals surface area contributed by atoms with Gasteiger partial charge in [0, 0.05) is 31.0 Å². The standard InChI is InChI=1S/C20H33N3/c1-16(2)23-10-6-18(15-23)13-17(3)22-11-7-19(8-12-22)20-5-4-9-21-14-20/h4-5,9,14,16-19H,6-8,10-13,15H2,1-3H3. The molecule has 0 radical (unpaired) electrons. The molecule has 0 aliphatic carbocycles. The van der Waals surface area contributed by atoms with Crippen LogP contribution in [0.4, 0.5) is 0 Å². The molecule has 3 nitrogen and oxygen atoms in total. The van der Waals surface area contributed by atoms with Gasteiger partial charge in [-0.3, -0.25) is 4.98 Å². The normalized spacial score (nSPS) is 26.0. The van der Waals surface area contributed by atoms with Gasteiger partial charge in [0.05, 0.1) is 0 Å². The second-order valence-corrected chi connectivity index (χ2v) is 7.92. The zero-order chi connectivity index (χ0) is 16.2. The molecular weight excluding hydrogens is 282 g/mol. The lowest BCUT2D eigenvalue weighted by Gasteiger charge is -2.37. The number of aromatic nitrogens is 1. The molecule has 3 rings (SSSR count). The zero-order valence-corrected chi connectivity index (χ0v) is 15.1.